The van der Waals surface area contributed by atoms with Gasteiger partial charge in [-0.15, -0.1) is 0 Å². The fraction of sp³-hybridized carbons (Fsp3) is 0.0870. The van der Waals surface area contributed by atoms with Crippen LogP contribution in [0.25, 0.3) is 27.6 Å². The van der Waals surface area contributed by atoms with E-state index in [4.69, 9.17) is 0 Å². The molecule has 3 heterocycles. The Bertz CT molecular complexity index is 1510. The highest BCUT2D eigenvalue weighted by atomic mass is 16.1. The zero-order valence-corrected chi connectivity index (χ0v) is 16.6. The maximum atomic E-state index is 13.6. The number of para-hydroxylation sites is 1. The van der Waals surface area contributed by atoms with Gasteiger partial charge in [-0.1, -0.05) is 30.3 Å². The molecule has 0 aliphatic heterocycles. The number of aromatic nitrogens is 5. The Balaban J connectivity index is 1.73. The van der Waals surface area contributed by atoms with E-state index in [1.54, 1.807) is 23.0 Å². The molecule has 3 aromatic heterocycles. The molecule has 0 saturated heterocycles. The van der Waals surface area contributed by atoms with Crippen molar-refractivity contribution >= 4 is 27.8 Å². The number of imidazole rings is 1. The molecule has 2 N–H and O–H groups in total. The molecule has 31 heavy (non-hydrogen) atoms. The summed E-state index contributed by atoms with van der Waals surface area (Å²) in [7, 11) is 0. The Labute approximate surface area is 176 Å². The molecule has 2 aromatic carbocycles. The largest absolute Gasteiger partial charge is 0.360 e. The number of benzene rings is 2. The van der Waals surface area contributed by atoms with E-state index in [2.05, 4.69) is 31.3 Å². The van der Waals surface area contributed by atoms with Crippen molar-refractivity contribution in [2.75, 3.05) is 5.32 Å². The van der Waals surface area contributed by atoms with Crippen molar-refractivity contribution in [3.63, 3.8) is 0 Å². The molecule has 0 spiro atoms. The molecule has 150 valence electrons. The van der Waals surface area contributed by atoms with Crippen LogP contribution in [0.1, 0.15) is 24.2 Å². The summed E-state index contributed by atoms with van der Waals surface area (Å²) in [4.78, 5) is 29.3. The Morgan fingerprint density at radius 1 is 1.10 bits per heavy atom. The van der Waals surface area contributed by atoms with Gasteiger partial charge in [0.1, 0.15) is 11.8 Å². The maximum Gasteiger partial charge on any atom is 0.264 e. The van der Waals surface area contributed by atoms with Gasteiger partial charge in [0.25, 0.3) is 5.56 Å². The lowest BCUT2D eigenvalue weighted by atomic mass is 10.0. The molecule has 5 aromatic rings. The minimum Gasteiger partial charge on any atom is -0.360 e. The van der Waals surface area contributed by atoms with E-state index in [1.807, 2.05) is 49.4 Å². The molecule has 0 bridgehead atoms. The predicted octanol–water partition coefficient (Wildman–Crippen LogP) is 3.70. The molecule has 0 radical (unpaired) electrons. The first-order valence-electron chi connectivity index (χ1n) is 9.72. The lowest BCUT2D eigenvalue weighted by molar-refractivity contribution is 0.774. The van der Waals surface area contributed by atoms with Crippen molar-refractivity contribution in [3.8, 4) is 11.8 Å². The number of nitriles is 1. The van der Waals surface area contributed by atoms with Crippen LogP contribution in [0.4, 0.5) is 5.82 Å². The Morgan fingerprint density at radius 3 is 2.74 bits per heavy atom. The van der Waals surface area contributed by atoms with E-state index in [1.165, 1.54) is 6.33 Å². The van der Waals surface area contributed by atoms with Crippen molar-refractivity contribution in [2.45, 2.75) is 13.0 Å². The monoisotopic (exact) mass is 407 g/mol. The van der Waals surface area contributed by atoms with Crippen LogP contribution in [0, 0.1) is 11.3 Å². The predicted molar refractivity (Wildman–Crippen MR) is 118 cm³/mol. The van der Waals surface area contributed by atoms with Gasteiger partial charge in [0.2, 0.25) is 0 Å². The molecule has 8 heteroatoms. The molecule has 1 atom stereocenters. The number of fused-ring (bicyclic) bond motifs is 2. The first-order valence-corrected chi connectivity index (χ1v) is 9.72. The number of H-pyrrole nitrogens is 1. The van der Waals surface area contributed by atoms with Crippen LogP contribution in [-0.4, -0.2) is 24.5 Å². The van der Waals surface area contributed by atoms with Crippen LogP contribution >= 0.6 is 0 Å². The third-order valence-electron chi connectivity index (χ3n) is 5.22. The fourth-order valence-corrected chi connectivity index (χ4v) is 3.79. The molecule has 0 aliphatic rings. The third kappa shape index (κ3) is 3.09. The van der Waals surface area contributed by atoms with Gasteiger partial charge in [0, 0.05) is 11.4 Å². The Kier molecular flexibility index (Phi) is 4.41. The highest BCUT2D eigenvalue weighted by Gasteiger charge is 2.19. The van der Waals surface area contributed by atoms with E-state index in [0.29, 0.717) is 33.3 Å². The van der Waals surface area contributed by atoms with Gasteiger partial charge in [0.15, 0.2) is 11.5 Å². The maximum absolute atomic E-state index is 13.6. The normalized spacial score (nSPS) is 12.0. The summed E-state index contributed by atoms with van der Waals surface area (Å²) >= 11 is 0. The minimum atomic E-state index is -0.294. The summed E-state index contributed by atoms with van der Waals surface area (Å²) in [5.74, 6) is 0.566. The van der Waals surface area contributed by atoms with Gasteiger partial charge in [-0.25, -0.2) is 15.0 Å². The van der Waals surface area contributed by atoms with E-state index in [9.17, 15) is 10.1 Å². The molecule has 8 nitrogen and oxygen atoms in total. The van der Waals surface area contributed by atoms with Crippen LogP contribution < -0.4 is 10.9 Å². The van der Waals surface area contributed by atoms with Crippen molar-refractivity contribution in [1.82, 2.24) is 24.5 Å². The average Bonchev–Trinajstić information content (AvgIpc) is 3.29. The van der Waals surface area contributed by atoms with Crippen LogP contribution in [0.3, 0.4) is 0 Å². The average molecular weight is 407 g/mol. The lowest BCUT2D eigenvalue weighted by Gasteiger charge is -2.21. The number of hydrogen-bond donors (Lipinski definition) is 2. The number of anilines is 1. The van der Waals surface area contributed by atoms with Gasteiger partial charge in [-0.3, -0.25) is 9.36 Å². The van der Waals surface area contributed by atoms with Crippen molar-refractivity contribution in [1.29, 1.82) is 5.26 Å². The SMILES string of the molecule is C[C@@H](Nc1ncnc2[nH]cnc12)c1cc2cccc(C#N)c2c(=O)n1-c1ccccc1. The summed E-state index contributed by atoms with van der Waals surface area (Å²) in [6.45, 7) is 1.95. The van der Waals surface area contributed by atoms with Crippen molar-refractivity contribution in [3.05, 3.63) is 88.9 Å². The van der Waals surface area contributed by atoms with Crippen LogP contribution in [0.15, 0.2) is 72.0 Å². The number of hydrogen-bond acceptors (Lipinski definition) is 6. The Hall–Kier alpha value is -4.51. The van der Waals surface area contributed by atoms with E-state index in [0.717, 1.165) is 11.4 Å². The van der Waals surface area contributed by atoms with Crippen LogP contribution in [0.5, 0.6) is 0 Å². The summed E-state index contributed by atoms with van der Waals surface area (Å²) in [5, 5.41) is 14.0. The van der Waals surface area contributed by atoms with Gasteiger partial charge >= 0.3 is 0 Å². The first-order chi connectivity index (χ1) is 15.2. The standard InChI is InChI=1S/C23H17N7O/c1-14(29-22-20-21(26-12-25-20)27-13-28-22)18-10-15-6-5-7-16(11-24)19(15)23(31)30(18)17-8-3-2-4-9-17/h2-10,12-14H,1H3,(H2,25,26,27,28,29)/t14-/m1/s1. The molecule has 0 aliphatic carbocycles. The van der Waals surface area contributed by atoms with Gasteiger partial charge < -0.3 is 10.3 Å². The summed E-state index contributed by atoms with van der Waals surface area (Å²) in [5.41, 5.74) is 2.82. The zero-order chi connectivity index (χ0) is 21.4. The summed E-state index contributed by atoms with van der Waals surface area (Å²) in [6.07, 6.45) is 3.02. The third-order valence-corrected chi connectivity index (χ3v) is 5.22. The lowest BCUT2D eigenvalue weighted by Crippen LogP contribution is -2.26. The first kappa shape index (κ1) is 18.5. The highest BCUT2D eigenvalue weighted by molar-refractivity contribution is 5.88. The molecular weight excluding hydrogens is 390 g/mol. The van der Waals surface area contributed by atoms with Gasteiger partial charge in [-0.05, 0) is 36.6 Å². The zero-order valence-electron chi connectivity index (χ0n) is 16.6. The van der Waals surface area contributed by atoms with E-state index >= 15 is 0 Å². The molecule has 0 saturated carbocycles. The quantitative estimate of drug-likeness (QED) is 0.470. The number of aromatic amines is 1. The summed E-state index contributed by atoms with van der Waals surface area (Å²) in [6, 6.07) is 18.5. The number of nitrogens with zero attached hydrogens (tertiary/aromatic N) is 5. The van der Waals surface area contributed by atoms with Crippen LogP contribution in [0.2, 0.25) is 0 Å². The minimum absolute atomic E-state index is 0.239. The second kappa shape index (κ2) is 7.39. The fourth-order valence-electron chi connectivity index (χ4n) is 3.79. The number of rotatable bonds is 4. The Morgan fingerprint density at radius 2 is 1.94 bits per heavy atom. The molecule has 0 amide bonds. The molecule has 0 fully saturated rings. The second-order valence-electron chi connectivity index (χ2n) is 7.11. The van der Waals surface area contributed by atoms with Gasteiger partial charge in [0.05, 0.1) is 29.4 Å². The molecule has 5 rings (SSSR count). The smallest absolute Gasteiger partial charge is 0.264 e. The number of nitrogens with one attached hydrogen (secondary N) is 2. The van der Waals surface area contributed by atoms with Crippen molar-refractivity contribution in [2.24, 2.45) is 0 Å². The molecule has 0 unspecified atom stereocenters. The summed E-state index contributed by atoms with van der Waals surface area (Å²) < 4.78 is 1.64. The van der Waals surface area contributed by atoms with Crippen LogP contribution in [-0.2, 0) is 0 Å². The van der Waals surface area contributed by atoms with Crippen molar-refractivity contribution < 1.29 is 0 Å². The van der Waals surface area contributed by atoms with E-state index in [-0.39, 0.29) is 11.6 Å². The topological polar surface area (TPSA) is 112 Å². The number of pyridine rings is 1. The van der Waals surface area contributed by atoms with E-state index < -0.39 is 0 Å². The molecular formula is C23H17N7O. The van der Waals surface area contributed by atoms with Gasteiger partial charge in [-0.2, -0.15) is 5.26 Å². The second-order valence-corrected chi connectivity index (χ2v) is 7.11. The highest BCUT2D eigenvalue weighted by Crippen LogP contribution is 2.26.